The average molecular weight is 678 g/mol. The summed E-state index contributed by atoms with van der Waals surface area (Å²) in [5, 5.41) is 0. The van der Waals surface area contributed by atoms with Gasteiger partial charge >= 0.3 is 0 Å². The fourth-order valence-corrected chi connectivity index (χ4v) is 9.14. The Labute approximate surface area is 286 Å². The molecule has 3 rings (SSSR count). The number of rotatable bonds is 25. The molecule has 0 radical (unpaired) electrons. The minimum Gasteiger partial charge on any atom is -0.382 e. The van der Waals surface area contributed by atoms with Crippen molar-refractivity contribution in [1.29, 1.82) is 0 Å². The molecule has 1 fully saturated rings. The zero-order chi connectivity index (χ0) is 34.1. The van der Waals surface area contributed by atoms with Crippen LogP contribution in [0.2, 0.25) is 0 Å². The van der Waals surface area contributed by atoms with E-state index in [0.717, 1.165) is 25.9 Å². The van der Waals surface area contributed by atoms with E-state index in [1.807, 2.05) is 23.3 Å². The smallest absolute Gasteiger partial charge is 0.274 e. The van der Waals surface area contributed by atoms with Gasteiger partial charge in [0.15, 0.2) is 11.5 Å². The van der Waals surface area contributed by atoms with Gasteiger partial charge in [0.25, 0.3) is 7.52 Å². The van der Waals surface area contributed by atoms with Crippen molar-refractivity contribution in [2.24, 2.45) is 0 Å². The predicted molar refractivity (Wildman–Crippen MR) is 196 cm³/mol. The van der Waals surface area contributed by atoms with Crippen molar-refractivity contribution in [2.75, 3.05) is 39.5 Å². The molecule has 2 aromatic rings. The van der Waals surface area contributed by atoms with Crippen LogP contribution in [0.5, 0.6) is 0 Å². The first-order valence-corrected chi connectivity index (χ1v) is 20.6. The van der Waals surface area contributed by atoms with Gasteiger partial charge in [0.1, 0.15) is 18.1 Å². The summed E-state index contributed by atoms with van der Waals surface area (Å²) in [5.41, 5.74) is 7.39. The Kier molecular flexibility index (Phi) is 18.2. The number of nitrogens with two attached hydrogens (primary N) is 1. The summed E-state index contributed by atoms with van der Waals surface area (Å²) in [4.78, 5) is 15.9. The molecular weight excluding hydrogens is 609 g/mol. The lowest BCUT2D eigenvalue weighted by atomic mass is 9.98. The van der Waals surface area contributed by atoms with Gasteiger partial charge in [-0.2, -0.15) is 0 Å². The molecule has 4 atom stereocenters. The van der Waals surface area contributed by atoms with Gasteiger partial charge in [-0.15, -0.1) is 0 Å². The second-order valence-electron chi connectivity index (χ2n) is 14.1. The molecular formula is C36H68N7O3P. The van der Waals surface area contributed by atoms with E-state index in [4.69, 9.17) is 15.0 Å². The second kappa shape index (κ2) is 21.5. The maximum atomic E-state index is 14.4. The topological polar surface area (TPSA) is 112 Å². The van der Waals surface area contributed by atoms with Crippen LogP contribution < -0.4 is 5.73 Å². The number of nitrogens with zero attached hydrogens (tertiary/aromatic N) is 6. The molecule has 1 saturated heterocycles. The molecule has 2 unspecified atom stereocenters. The van der Waals surface area contributed by atoms with Crippen molar-refractivity contribution in [3.8, 4) is 0 Å². The minimum atomic E-state index is -3.05. The SMILES string of the molecule is CCCCCCCC(CCCCCCC)N1C[C@@H](COP(=O)(C(C)CCCCCCC)N(C)C)O[C@@H](n2cnc3c(N)ncnc32)C1. The van der Waals surface area contributed by atoms with Crippen LogP contribution in [-0.4, -0.2) is 80.7 Å². The highest BCUT2D eigenvalue weighted by Gasteiger charge is 2.38. The fraction of sp³-hybridized carbons (Fsp3) is 0.861. The maximum absolute atomic E-state index is 14.4. The highest BCUT2D eigenvalue weighted by molar-refractivity contribution is 7.57. The van der Waals surface area contributed by atoms with Gasteiger partial charge in [0.05, 0.1) is 19.0 Å². The summed E-state index contributed by atoms with van der Waals surface area (Å²) in [5.74, 6) is 0.369. The van der Waals surface area contributed by atoms with E-state index in [9.17, 15) is 4.57 Å². The van der Waals surface area contributed by atoms with Crippen LogP contribution in [0.3, 0.4) is 0 Å². The highest BCUT2D eigenvalue weighted by Crippen LogP contribution is 2.55. The van der Waals surface area contributed by atoms with Gasteiger partial charge in [-0.25, -0.2) is 19.6 Å². The van der Waals surface area contributed by atoms with Gasteiger partial charge < -0.3 is 15.0 Å². The third-order valence-corrected chi connectivity index (χ3v) is 13.0. The zero-order valence-electron chi connectivity index (χ0n) is 30.7. The summed E-state index contributed by atoms with van der Waals surface area (Å²) >= 11 is 0. The highest BCUT2D eigenvalue weighted by atomic mass is 31.2. The van der Waals surface area contributed by atoms with Gasteiger partial charge in [-0.3, -0.25) is 14.0 Å². The molecule has 0 saturated carbocycles. The minimum absolute atomic E-state index is 0.0362. The van der Waals surface area contributed by atoms with Crippen molar-refractivity contribution >= 4 is 24.5 Å². The van der Waals surface area contributed by atoms with E-state index in [1.54, 1.807) is 6.33 Å². The number of aromatic nitrogens is 4. The number of fused-ring (bicyclic) bond motifs is 1. The van der Waals surface area contributed by atoms with E-state index in [-0.39, 0.29) is 24.6 Å². The van der Waals surface area contributed by atoms with Crippen LogP contribution in [0.15, 0.2) is 12.7 Å². The van der Waals surface area contributed by atoms with Crippen LogP contribution in [0.1, 0.15) is 149 Å². The predicted octanol–water partition coefficient (Wildman–Crippen LogP) is 9.22. The van der Waals surface area contributed by atoms with E-state index >= 15 is 0 Å². The van der Waals surface area contributed by atoms with Crippen LogP contribution >= 0.6 is 7.52 Å². The number of imidazole rings is 1. The molecule has 1 aliphatic rings. The number of unbranched alkanes of at least 4 members (excludes halogenated alkanes) is 12. The fourth-order valence-electron chi connectivity index (χ4n) is 6.98. The standard InChI is InChI=1S/C36H68N7O3P/c1-7-10-13-16-19-22-30(4)47(44,41(5)6)45-27-32-25-42(31(23-20-17-14-11-8-2)24-21-18-15-12-9-3)26-33(46-32)43-29-40-34-35(37)38-28-39-36(34)43/h28-33H,7-27H2,1-6H3,(H2,37,38,39)/t30?,32-,33+,47?/m0/s1. The van der Waals surface area contributed by atoms with Crippen LogP contribution in [-0.2, 0) is 13.8 Å². The molecule has 2 N–H and O–H groups in total. The molecule has 3 heterocycles. The molecule has 2 aromatic heterocycles. The van der Waals surface area contributed by atoms with E-state index in [2.05, 4.69) is 47.5 Å². The first-order chi connectivity index (χ1) is 22.7. The van der Waals surface area contributed by atoms with E-state index in [1.165, 1.54) is 109 Å². The number of nitrogen functional groups attached to an aromatic ring is 1. The van der Waals surface area contributed by atoms with Gasteiger partial charge in [-0.1, -0.05) is 124 Å². The zero-order valence-corrected chi connectivity index (χ0v) is 31.6. The van der Waals surface area contributed by atoms with Crippen LogP contribution in [0.25, 0.3) is 11.2 Å². The Balaban J connectivity index is 1.80. The Bertz CT molecular complexity index is 1160. The lowest BCUT2D eigenvalue weighted by molar-refractivity contribution is -0.140. The quantitative estimate of drug-likeness (QED) is 0.0812. The molecule has 270 valence electrons. The molecule has 0 spiro atoms. The Morgan fingerprint density at radius 2 is 1.45 bits per heavy atom. The number of anilines is 1. The molecule has 47 heavy (non-hydrogen) atoms. The van der Waals surface area contributed by atoms with E-state index < -0.39 is 7.52 Å². The monoisotopic (exact) mass is 678 g/mol. The summed E-state index contributed by atoms with van der Waals surface area (Å²) in [6, 6.07) is 0.462. The summed E-state index contributed by atoms with van der Waals surface area (Å²) < 4.78 is 31.4. The van der Waals surface area contributed by atoms with Crippen molar-refractivity contribution in [3.05, 3.63) is 12.7 Å². The molecule has 0 aromatic carbocycles. The van der Waals surface area contributed by atoms with Crippen molar-refractivity contribution < 1.29 is 13.8 Å². The number of morpholine rings is 1. The normalized spacial score (nSPS) is 19.6. The van der Waals surface area contributed by atoms with Gasteiger partial charge in [0, 0.05) is 24.8 Å². The number of hydrogen-bond acceptors (Lipinski definition) is 8. The molecule has 1 aliphatic heterocycles. The largest absolute Gasteiger partial charge is 0.382 e. The molecule has 11 heteroatoms. The van der Waals surface area contributed by atoms with Crippen molar-refractivity contribution in [2.45, 2.75) is 167 Å². The molecule has 0 aliphatic carbocycles. The van der Waals surface area contributed by atoms with Crippen molar-refractivity contribution in [3.63, 3.8) is 0 Å². The van der Waals surface area contributed by atoms with Crippen LogP contribution in [0.4, 0.5) is 5.82 Å². The van der Waals surface area contributed by atoms with Crippen LogP contribution in [0, 0.1) is 0 Å². The Morgan fingerprint density at radius 1 is 0.872 bits per heavy atom. The summed E-state index contributed by atoms with van der Waals surface area (Å²) in [7, 11) is 0.726. The molecule has 10 nitrogen and oxygen atoms in total. The second-order valence-corrected chi connectivity index (χ2v) is 17.1. The summed E-state index contributed by atoms with van der Waals surface area (Å²) in [6.45, 7) is 10.7. The first kappa shape index (κ1) is 39.9. The van der Waals surface area contributed by atoms with E-state index in [0.29, 0.717) is 23.0 Å². The summed E-state index contributed by atoms with van der Waals surface area (Å²) in [6.07, 6.45) is 24.8. The average Bonchev–Trinajstić information content (AvgIpc) is 3.51. The van der Waals surface area contributed by atoms with Crippen molar-refractivity contribution in [1.82, 2.24) is 29.1 Å². The third kappa shape index (κ3) is 12.4. The third-order valence-electron chi connectivity index (χ3n) is 9.96. The Hall–Kier alpha value is -1.58. The number of ether oxygens (including phenoxy) is 1. The maximum Gasteiger partial charge on any atom is 0.274 e. The first-order valence-electron chi connectivity index (χ1n) is 19.0. The lowest BCUT2D eigenvalue weighted by Crippen LogP contribution is -2.51. The molecule has 0 bridgehead atoms. The van der Waals surface area contributed by atoms with Gasteiger partial charge in [-0.05, 0) is 33.4 Å². The van der Waals surface area contributed by atoms with Gasteiger partial charge in [0.2, 0.25) is 0 Å². The Morgan fingerprint density at radius 3 is 2.02 bits per heavy atom. The lowest BCUT2D eigenvalue weighted by Gasteiger charge is -2.43. The molecule has 0 amide bonds. The number of hydrogen-bond donors (Lipinski definition) is 1.